The van der Waals surface area contributed by atoms with Crippen molar-refractivity contribution in [1.29, 1.82) is 0 Å². The first-order chi connectivity index (χ1) is 12.5. The highest BCUT2D eigenvalue weighted by molar-refractivity contribution is 6.43. The molecule has 5 nitrogen and oxygen atoms in total. The molecule has 0 bridgehead atoms. The number of aryl methyl sites for hydroxylation is 2. The number of benzene rings is 2. The Kier molecular flexibility index (Phi) is 5.56. The van der Waals surface area contributed by atoms with Gasteiger partial charge in [0.25, 0.3) is 0 Å². The van der Waals surface area contributed by atoms with Crippen molar-refractivity contribution in [2.75, 3.05) is 28.6 Å². The Bertz CT molecular complexity index is 773. The van der Waals surface area contributed by atoms with E-state index < -0.39 is 11.8 Å². The third kappa shape index (κ3) is 4.23. The zero-order valence-corrected chi connectivity index (χ0v) is 15.3. The number of anilines is 3. The minimum absolute atomic E-state index is 0.618. The maximum Gasteiger partial charge on any atom is 0.314 e. The number of carbonyl (C=O) groups is 2. The molecule has 0 aliphatic carbocycles. The van der Waals surface area contributed by atoms with Crippen molar-refractivity contribution < 1.29 is 9.59 Å². The summed E-state index contributed by atoms with van der Waals surface area (Å²) in [4.78, 5) is 26.7. The standard InChI is InChI=1S/C21H25N3O2/c1-15-7-6-8-16(2)19(15)23-21(26)20(25)22-17-9-11-18(12-10-17)24-13-4-3-5-14-24/h6-12H,3-5,13-14H2,1-2H3,(H,22,25)(H,23,26). The molecular formula is C21H25N3O2. The van der Waals surface area contributed by atoms with E-state index in [1.54, 1.807) is 0 Å². The summed E-state index contributed by atoms with van der Waals surface area (Å²) >= 11 is 0. The van der Waals surface area contributed by atoms with Gasteiger partial charge in [-0.05, 0) is 68.5 Å². The Morgan fingerprint density at radius 3 is 2.00 bits per heavy atom. The normalized spacial score (nSPS) is 14.0. The molecule has 136 valence electrons. The van der Waals surface area contributed by atoms with Gasteiger partial charge in [0.15, 0.2) is 0 Å². The van der Waals surface area contributed by atoms with Gasteiger partial charge in [0, 0.05) is 30.2 Å². The number of piperidine rings is 1. The summed E-state index contributed by atoms with van der Waals surface area (Å²) in [6, 6.07) is 13.4. The minimum atomic E-state index is -0.668. The van der Waals surface area contributed by atoms with Crippen LogP contribution in [0.1, 0.15) is 30.4 Å². The summed E-state index contributed by atoms with van der Waals surface area (Å²) in [7, 11) is 0. The number of carbonyl (C=O) groups excluding carboxylic acids is 2. The Morgan fingerprint density at radius 2 is 1.38 bits per heavy atom. The van der Waals surface area contributed by atoms with Crippen molar-refractivity contribution >= 4 is 28.9 Å². The molecule has 2 aromatic rings. The van der Waals surface area contributed by atoms with Gasteiger partial charge in [-0.3, -0.25) is 9.59 Å². The van der Waals surface area contributed by atoms with Crippen LogP contribution in [0.25, 0.3) is 0 Å². The summed E-state index contributed by atoms with van der Waals surface area (Å²) in [5.41, 5.74) is 4.32. The van der Waals surface area contributed by atoms with E-state index in [4.69, 9.17) is 0 Å². The summed E-state index contributed by atoms with van der Waals surface area (Å²) in [5.74, 6) is -1.33. The van der Waals surface area contributed by atoms with Crippen molar-refractivity contribution in [1.82, 2.24) is 0 Å². The van der Waals surface area contributed by atoms with Crippen molar-refractivity contribution in [3.8, 4) is 0 Å². The molecule has 26 heavy (non-hydrogen) atoms. The summed E-state index contributed by atoms with van der Waals surface area (Å²) in [5, 5.41) is 5.36. The zero-order valence-electron chi connectivity index (χ0n) is 15.3. The van der Waals surface area contributed by atoms with Crippen LogP contribution in [0.15, 0.2) is 42.5 Å². The highest BCUT2D eigenvalue weighted by Crippen LogP contribution is 2.22. The first-order valence-corrected chi connectivity index (χ1v) is 9.08. The van der Waals surface area contributed by atoms with E-state index >= 15 is 0 Å². The van der Waals surface area contributed by atoms with E-state index in [1.165, 1.54) is 19.3 Å². The maximum absolute atomic E-state index is 12.2. The molecular weight excluding hydrogens is 326 g/mol. The number of rotatable bonds is 3. The van der Waals surface area contributed by atoms with E-state index in [9.17, 15) is 9.59 Å². The molecule has 0 radical (unpaired) electrons. The maximum atomic E-state index is 12.2. The van der Waals surface area contributed by atoms with Gasteiger partial charge in [-0.1, -0.05) is 18.2 Å². The molecule has 0 unspecified atom stereocenters. The predicted octanol–water partition coefficient (Wildman–Crippen LogP) is 3.87. The number of hydrogen-bond donors (Lipinski definition) is 2. The van der Waals surface area contributed by atoms with Crippen LogP contribution in [-0.4, -0.2) is 24.9 Å². The average molecular weight is 351 g/mol. The molecule has 0 saturated carbocycles. The van der Waals surface area contributed by atoms with Gasteiger partial charge in [0.2, 0.25) is 0 Å². The molecule has 1 aliphatic rings. The fourth-order valence-corrected chi connectivity index (χ4v) is 3.28. The van der Waals surface area contributed by atoms with E-state index in [-0.39, 0.29) is 0 Å². The van der Waals surface area contributed by atoms with E-state index in [0.717, 1.165) is 29.9 Å². The van der Waals surface area contributed by atoms with E-state index in [1.807, 2.05) is 56.3 Å². The molecule has 5 heteroatoms. The van der Waals surface area contributed by atoms with E-state index in [0.29, 0.717) is 11.4 Å². The molecule has 1 heterocycles. The number of para-hydroxylation sites is 1. The van der Waals surface area contributed by atoms with Crippen LogP contribution >= 0.6 is 0 Å². The molecule has 1 saturated heterocycles. The van der Waals surface area contributed by atoms with Gasteiger partial charge < -0.3 is 15.5 Å². The lowest BCUT2D eigenvalue weighted by Gasteiger charge is -2.28. The molecule has 3 rings (SSSR count). The van der Waals surface area contributed by atoms with Crippen molar-refractivity contribution in [2.45, 2.75) is 33.1 Å². The van der Waals surface area contributed by atoms with E-state index in [2.05, 4.69) is 15.5 Å². The van der Waals surface area contributed by atoms with Gasteiger partial charge in [0.1, 0.15) is 0 Å². The Labute approximate surface area is 154 Å². The molecule has 0 spiro atoms. The van der Waals surface area contributed by atoms with Crippen molar-refractivity contribution in [3.63, 3.8) is 0 Å². The topological polar surface area (TPSA) is 61.4 Å². The van der Waals surface area contributed by atoms with Gasteiger partial charge in [-0.2, -0.15) is 0 Å². The fourth-order valence-electron chi connectivity index (χ4n) is 3.28. The van der Waals surface area contributed by atoms with Crippen LogP contribution in [0.5, 0.6) is 0 Å². The third-order valence-corrected chi connectivity index (χ3v) is 4.77. The molecule has 1 fully saturated rings. The Morgan fingerprint density at radius 1 is 0.808 bits per heavy atom. The largest absolute Gasteiger partial charge is 0.372 e. The molecule has 0 atom stereocenters. The fraction of sp³-hybridized carbons (Fsp3) is 0.333. The lowest BCUT2D eigenvalue weighted by molar-refractivity contribution is -0.133. The molecule has 2 amide bonds. The van der Waals surface area contributed by atoms with Crippen LogP contribution in [0.3, 0.4) is 0 Å². The number of nitrogens with zero attached hydrogens (tertiary/aromatic N) is 1. The number of nitrogens with one attached hydrogen (secondary N) is 2. The average Bonchev–Trinajstić information content (AvgIpc) is 2.66. The van der Waals surface area contributed by atoms with Gasteiger partial charge in [0.05, 0.1) is 0 Å². The quantitative estimate of drug-likeness (QED) is 0.825. The van der Waals surface area contributed by atoms with Crippen LogP contribution in [0, 0.1) is 13.8 Å². The van der Waals surface area contributed by atoms with Crippen molar-refractivity contribution in [2.24, 2.45) is 0 Å². The highest BCUT2D eigenvalue weighted by Gasteiger charge is 2.16. The predicted molar refractivity (Wildman–Crippen MR) is 106 cm³/mol. The minimum Gasteiger partial charge on any atom is -0.372 e. The second-order valence-electron chi connectivity index (χ2n) is 6.77. The number of hydrogen-bond acceptors (Lipinski definition) is 3. The van der Waals surface area contributed by atoms with Crippen LogP contribution in [-0.2, 0) is 9.59 Å². The van der Waals surface area contributed by atoms with Gasteiger partial charge in [-0.15, -0.1) is 0 Å². The molecule has 1 aliphatic heterocycles. The second-order valence-corrected chi connectivity index (χ2v) is 6.77. The van der Waals surface area contributed by atoms with Gasteiger partial charge in [-0.25, -0.2) is 0 Å². The third-order valence-electron chi connectivity index (χ3n) is 4.77. The highest BCUT2D eigenvalue weighted by atomic mass is 16.2. The summed E-state index contributed by atoms with van der Waals surface area (Å²) < 4.78 is 0. The van der Waals surface area contributed by atoms with Gasteiger partial charge >= 0.3 is 11.8 Å². The van der Waals surface area contributed by atoms with Crippen LogP contribution < -0.4 is 15.5 Å². The summed E-state index contributed by atoms with van der Waals surface area (Å²) in [6.45, 7) is 5.95. The van der Waals surface area contributed by atoms with Crippen LogP contribution in [0.4, 0.5) is 17.1 Å². The van der Waals surface area contributed by atoms with Crippen molar-refractivity contribution in [3.05, 3.63) is 53.6 Å². The lowest BCUT2D eigenvalue weighted by Crippen LogP contribution is -2.30. The summed E-state index contributed by atoms with van der Waals surface area (Å²) in [6.07, 6.45) is 3.73. The Balaban J connectivity index is 1.61. The SMILES string of the molecule is Cc1cccc(C)c1NC(=O)C(=O)Nc1ccc(N2CCCCC2)cc1. The first kappa shape index (κ1) is 18.0. The molecule has 0 aromatic heterocycles. The lowest BCUT2D eigenvalue weighted by atomic mass is 10.1. The zero-order chi connectivity index (χ0) is 18.5. The molecule has 2 aromatic carbocycles. The smallest absolute Gasteiger partial charge is 0.314 e. The monoisotopic (exact) mass is 351 g/mol. The molecule has 2 N–H and O–H groups in total. The second kappa shape index (κ2) is 8.04. The first-order valence-electron chi connectivity index (χ1n) is 9.08. The number of amides is 2. The van der Waals surface area contributed by atoms with Crippen LogP contribution in [0.2, 0.25) is 0 Å². The Hall–Kier alpha value is -2.82.